The number of ether oxygens (including phenoxy) is 1. The van der Waals surface area contributed by atoms with Crippen LogP contribution < -0.4 is 0 Å². The highest BCUT2D eigenvalue weighted by molar-refractivity contribution is 6.30. The molecule has 3 rings (SSSR count). The maximum Gasteiger partial charge on any atom is 0.337 e. The van der Waals surface area contributed by atoms with E-state index in [1.165, 1.54) is 0 Å². The molecule has 3 aromatic rings. The summed E-state index contributed by atoms with van der Waals surface area (Å²) in [7, 11) is 1.92. The van der Waals surface area contributed by atoms with Crippen LogP contribution in [-0.4, -0.2) is 26.2 Å². The summed E-state index contributed by atoms with van der Waals surface area (Å²) in [5.74, 6) is -1.04. The maximum atomic E-state index is 12.1. The molecule has 0 spiro atoms. The minimum Gasteiger partial charge on any atom is -0.479 e. The van der Waals surface area contributed by atoms with Crippen LogP contribution in [0.25, 0.3) is 22.2 Å². The number of hydrogen-bond acceptors (Lipinski definition) is 3. The average Bonchev–Trinajstić information content (AvgIpc) is 2.92. The molecule has 0 aliphatic heterocycles. The summed E-state index contributed by atoms with van der Waals surface area (Å²) in [5, 5.41) is 11.4. The van der Waals surface area contributed by atoms with Gasteiger partial charge in [-0.2, -0.15) is 0 Å². The minimum absolute atomic E-state index is 0.568. The molecule has 0 saturated heterocycles. The molecule has 0 aliphatic rings. The number of carboxylic acid groups (broad SMARTS) is 1. The van der Waals surface area contributed by atoms with E-state index in [2.05, 4.69) is 4.98 Å². The van der Waals surface area contributed by atoms with Crippen molar-refractivity contribution in [3.63, 3.8) is 0 Å². The van der Waals surface area contributed by atoms with Crippen molar-refractivity contribution in [2.45, 2.75) is 39.4 Å². The summed E-state index contributed by atoms with van der Waals surface area (Å²) < 4.78 is 7.86. The first-order valence-electron chi connectivity index (χ1n) is 8.70. The molecule has 0 saturated carbocycles. The van der Waals surface area contributed by atoms with Gasteiger partial charge in [-0.3, -0.25) is 0 Å². The number of nitrogens with zero attached hydrogens (tertiary/aromatic N) is 2. The standard InChI is InChI=1S/C21H23ClN2O3/c1-12-16(18(20(25)26)27-21(2,3)4)17(13-6-8-14(22)9-7-13)15-10-11-24(5)19(15)23-12/h6-11,18H,1-5H3,(H,25,26)/t18-/m0/s1. The molecule has 1 N–H and O–H groups in total. The summed E-state index contributed by atoms with van der Waals surface area (Å²) in [6, 6.07) is 9.33. The third-order valence-electron chi connectivity index (χ3n) is 4.33. The smallest absolute Gasteiger partial charge is 0.337 e. The van der Waals surface area contributed by atoms with Crippen molar-refractivity contribution in [3.8, 4) is 11.1 Å². The molecule has 0 amide bonds. The first-order chi connectivity index (χ1) is 12.6. The maximum absolute atomic E-state index is 12.1. The fraction of sp³-hybridized carbons (Fsp3) is 0.333. The molecule has 5 nitrogen and oxygen atoms in total. The highest BCUT2D eigenvalue weighted by Crippen LogP contribution is 2.39. The van der Waals surface area contributed by atoms with Crippen LogP contribution in [0.3, 0.4) is 0 Å². The normalized spacial score (nSPS) is 13.1. The number of rotatable bonds is 4. The van der Waals surface area contributed by atoms with Crippen LogP contribution in [0.1, 0.15) is 38.1 Å². The zero-order valence-electron chi connectivity index (χ0n) is 16.1. The Kier molecular flexibility index (Phi) is 5.02. The summed E-state index contributed by atoms with van der Waals surface area (Å²) in [6.45, 7) is 7.35. The number of halogens is 1. The SMILES string of the molecule is Cc1nc2c(ccn2C)c(-c2ccc(Cl)cc2)c1[C@H](OC(C)(C)C)C(=O)O. The summed E-state index contributed by atoms with van der Waals surface area (Å²) in [5.41, 5.74) is 3.05. The van der Waals surface area contributed by atoms with E-state index >= 15 is 0 Å². The third-order valence-corrected chi connectivity index (χ3v) is 4.58. The number of carbonyl (C=O) groups is 1. The van der Waals surface area contributed by atoms with Crippen LogP contribution >= 0.6 is 11.6 Å². The van der Waals surface area contributed by atoms with Gasteiger partial charge in [0.1, 0.15) is 5.65 Å². The number of aryl methyl sites for hydroxylation is 2. The molecule has 1 aromatic carbocycles. The van der Waals surface area contributed by atoms with Gasteiger partial charge in [-0.1, -0.05) is 23.7 Å². The Morgan fingerprint density at radius 1 is 1.22 bits per heavy atom. The van der Waals surface area contributed by atoms with Crippen molar-refractivity contribution >= 4 is 28.6 Å². The van der Waals surface area contributed by atoms with Gasteiger partial charge in [-0.05, 0) is 51.5 Å². The van der Waals surface area contributed by atoms with E-state index in [1.807, 2.05) is 63.7 Å². The lowest BCUT2D eigenvalue weighted by Crippen LogP contribution is -2.28. The monoisotopic (exact) mass is 386 g/mol. The van der Waals surface area contributed by atoms with Crippen LogP contribution in [0.5, 0.6) is 0 Å². The average molecular weight is 387 g/mol. The van der Waals surface area contributed by atoms with Gasteiger partial charge in [0.15, 0.2) is 6.10 Å². The quantitative estimate of drug-likeness (QED) is 0.674. The molecule has 2 aromatic heterocycles. The van der Waals surface area contributed by atoms with Gasteiger partial charge in [0.25, 0.3) is 0 Å². The second-order valence-corrected chi connectivity index (χ2v) is 8.04. The molecule has 27 heavy (non-hydrogen) atoms. The molecule has 0 aliphatic carbocycles. The lowest BCUT2D eigenvalue weighted by molar-refractivity contribution is -0.160. The molecule has 6 heteroatoms. The fourth-order valence-electron chi connectivity index (χ4n) is 3.24. The van der Waals surface area contributed by atoms with E-state index in [-0.39, 0.29) is 0 Å². The zero-order chi connectivity index (χ0) is 19.9. The van der Waals surface area contributed by atoms with E-state index in [0.29, 0.717) is 16.3 Å². The number of benzene rings is 1. The molecule has 0 fully saturated rings. The number of hydrogen-bond donors (Lipinski definition) is 1. The fourth-order valence-corrected chi connectivity index (χ4v) is 3.36. The topological polar surface area (TPSA) is 64.4 Å². The second kappa shape index (κ2) is 6.98. The first kappa shape index (κ1) is 19.4. The number of fused-ring (bicyclic) bond motifs is 1. The Labute approximate surface area is 163 Å². The van der Waals surface area contributed by atoms with Crippen molar-refractivity contribution in [3.05, 3.63) is 52.8 Å². The Balaban J connectivity index is 2.37. The van der Waals surface area contributed by atoms with Gasteiger partial charge in [-0.15, -0.1) is 0 Å². The van der Waals surface area contributed by atoms with Crippen molar-refractivity contribution in [1.29, 1.82) is 0 Å². The van der Waals surface area contributed by atoms with Gasteiger partial charge in [0.05, 0.1) is 5.60 Å². The predicted molar refractivity (Wildman–Crippen MR) is 107 cm³/mol. The van der Waals surface area contributed by atoms with E-state index in [9.17, 15) is 9.90 Å². The van der Waals surface area contributed by atoms with E-state index in [0.717, 1.165) is 22.2 Å². The Morgan fingerprint density at radius 3 is 2.41 bits per heavy atom. The highest BCUT2D eigenvalue weighted by Gasteiger charge is 2.32. The molecule has 1 atom stereocenters. The van der Waals surface area contributed by atoms with Crippen molar-refractivity contribution in [2.75, 3.05) is 0 Å². The highest BCUT2D eigenvalue weighted by atomic mass is 35.5. The molecule has 2 heterocycles. The van der Waals surface area contributed by atoms with Gasteiger partial charge >= 0.3 is 5.97 Å². The predicted octanol–water partition coefficient (Wildman–Crippen LogP) is 5.14. The van der Waals surface area contributed by atoms with Gasteiger partial charge in [0.2, 0.25) is 0 Å². The Morgan fingerprint density at radius 2 is 1.85 bits per heavy atom. The summed E-state index contributed by atoms with van der Waals surface area (Å²) in [4.78, 5) is 16.8. The number of aliphatic carboxylic acids is 1. The summed E-state index contributed by atoms with van der Waals surface area (Å²) in [6.07, 6.45) is 0.786. The van der Waals surface area contributed by atoms with E-state index < -0.39 is 17.7 Å². The van der Waals surface area contributed by atoms with Crippen molar-refractivity contribution in [1.82, 2.24) is 9.55 Å². The molecule has 0 radical (unpaired) electrons. The Bertz CT molecular complexity index is 1000. The van der Waals surface area contributed by atoms with Crippen LogP contribution in [0.15, 0.2) is 36.5 Å². The lowest BCUT2D eigenvalue weighted by Gasteiger charge is -2.27. The van der Waals surface area contributed by atoms with Crippen LogP contribution in [0.4, 0.5) is 0 Å². The van der Waals surface area contributed by atoms with Gasteiger partial charge in [-0.25, -0.2) is 9.78 Å². The minimum atomic E-state index is -1.13. The van der Waals surface area contributed by atoms with Crippen LogP contribution in [0.2, 0.25) is 5.02 Å². The number of pyridine rings is 1. The van der Waals surface area contributed by atoms with Crippen LogP contribution in [0, 0.1) is 6.92 Å². The molecule has 142 valence electrons. The molecular formula is C21H23ClN2O3. The van der Waals surface area contributed by atoms with Crippen LogP contribution in [-0.2, 0) is 16.6 Å². The molecular weight excluding hydrogens is 364 g/mol. The zero-order valence-corrected chi connectivity index (χ0v) is 16.8. The Hall–Kier alpha value is -2.37. The second-order valence-electron chi connectivity index (χ2n) is 7.61. The lowest BCUT2D eigenvalue weighted by atomic mass is 9.92. The van der Waals surface area contributed by atoms with Gasteiger partial charge < -0.3 is 14.4 Å². The number of aromatic nitrogens is 2. The third kappa shape index (κ3) is 3.84. The van der Waals surface area contributed by atoms with Crippen molar-refractivity contribution < 1.29 is 14.6 Å². The first-order valence-corrected chi connectivity index (χ1v) is 9.08. The largest absolute Gasteiger partial charge is 0.479 e. The number of carboxylic acids is 1. The molecule has 0 unspecified atom stereocenters. The van der Waals surface area contributed by atoms with E-state index in [1.54, 1.807) is 12.1 Å². The van der Waals surface area contributed by atoms with Gasteiger partial charge in [0, 0.05) is 40.5 Å². The molecule has 0 bridgehead atoms. The van der Waals surface area contributed by atoms with Crippen molar-refractivity contribution in [2.24, 2.45) is 7.05 Å². The van der Waals surface area contributed by atoms with E-state index in [4.69, 9.17) is 16.3 Å². The summed E-state index contributed by atoms with van der Waals surface area (Å²) >= 11 is 6.06.